The Morgan fingerprint density at radius 1 is 0.480 bits per heavy atom. The number of likely N-dealkylation sites (tertiary alicyclic amines) is 2. The van der Waals surface area contributed by atoms with E-state index in [0.29, 0.717) is 61.9 Å². The van der Waals surface area contributed by atoms with Gasteiger partial charge >= 0.3 is 12.4 Å². The summed E-state index contributed by atoms with van der Waals surface area (Å²) in [7, 11) is -9.48. The number of carbonyl (C=O) groups is 4. The molecule has 0 aromatic heterocycles. The van der Waals surface area contributed by atoms with Crippen molar-refractivity contribution < 1.29 is 85.6 Å². The molecule has 540 valence electrons. The number of hydrogen-bond donors (Lipinski definition) is 3. The van der Waals surface area contributed by atoms with Crippen LogP contribution in [0.5, 0.6) is 0 Å². The number of nitrogens with zero attached hydrogens (tertiary/aromatic N) is 2. The molecule has 4 fully saturated rings. The topological polar surface area (TPSA) is 230 Å². The number of nitrogens with two attached hydrogens (primary N) is 1. The quantitative estimate of drug-likeness (QED) is 0.0530. The third kappa shape index (κ3) is 17.9. The van der Waals surface area contributed by atoms with Crippen LogP contribution < -0.4 is 16.0 Å². The van der Waals surface area contributed by atoms with Gasteiger partial charge < -0.3 is 34.9 Å². The monoisotopic (exact) mass is 1450 g/mol. The molecule has 0 bridgehead atoms. The Labute approximate surface area is 587 Å². The summed E-state index contributed by atoms with van der Waals surface area (Å²) in [5.41, 5.74) is 3.19. The van der Waals surface area contributed by atoms with Crippen molar-refractivity contribution in [2.24, 2.45) is 17.8 Å². The van der Waals surface area contributed by atoms with E-state index in [9.17, 15) is 80.2 Å². The second-order valence-corrected chi connectivity index (χ2v) is 29.5. The van der Waals surface area contributed by atoms with Crippen molar-refractivity contribution in [3.8, 4) is 0 Å². The molecule has 8 aromatic rings. The lowest BCUT2D eigenvalue weighted by Crippen LogP contribution is -2.83. The van der Waals surface area contributed by atoms with Crippen LogP contribution in [0.3, 0.4) is 0 Å². The van der Waals surface area contributed by atoms with Crippen molar-refractivity contribution in [1.29, 1.82) is 0 Å². The molecule has 0 radical (unpaired) electrons. The number of amides is 4. The maximum absolute atomic E-state index is 14.9. The highest BCUT2D eigenvalue weighted by Gasteiger charge is 2.43. The number of quaternary nitrogens is 1. The molecule has 0 unspecified atom stereocenters. The van der Waals surface area contributed by atoms with E-state index in [2.05, 4.69) is 16.0 Å². The van der Waals surface area contributed by atoms with E-state index in [1.807, 2.05) is 48.5 Å². The van der Waals surface area contributed by atoms with Crippen LogP contribution in [0.4, 0.5) is 52.2 Å². The van der Waals surface area contributed by atoms with Crippen molar-refractivity contribution in [3.63, 3.8) is 0 Å². The Morgan fingerprint density at radius 2 is 0.873 bits per heavy atom. The number of nitrogens with one attached hydrogen (secondary N) is 2. The van der Waals surface area contributed by atoms with Gasteiger partial charge in [-0.15, -0.1) is 0 Å². The highest BCUT2D eigenvalue weighted by molar-refractivity contribution is 7.86. The van der Waals surface area contributed by atoms with Crippen molar-refractivity contribution in [2.45, 2.75) is 151 Å². The Kier molecular flexibility index (Phi) is 23.6. The number of anilines is 2. The first kappa shape index (κ1) is 75.8. The molecule has 0 spiro atoms. The van der Waals surface area contributed by atoms with Crippen LogP contribution in [0.15, 0.2) is 168 Å². The van der Waals surface area contributed by atoms with E-state index < -0.39 is 113 Å². The highest BCUT2D eigenvalue weighted by atomic mass is 32.2. The molecule has 12 rings (SSSR count). The lowest BCUT2D eigenvalue weighted by atomic mass is 9.82. The van der Waals surface area contributed by atoms with Crippen molar-refractivity contribution in [3.05, 3.63) is 231 Å². The first-order chi connectivity index (χ1) is 48.3. The van der Waals surface area contributed by atoms with E-state index in [1.165, 1.54) is 119 Å². The van der Waals surface area contributed by atoms with Crippen molar-refractivity contribution in [1.82, 2.24) is 9.80 Å². The number of alkyl halides is 6. The van der Waals surface area contributed by atoms with Gasteiger partial charge in [-0.25, -0.2) is 25.6 Å². The molecular weight excluding hydrogens is 1370 g/mol. The van der Waals surface area contributed by atoms with Crippen LogP contribution in [0.1, 0.15) is 160 Å². The number of benzene rings is 8. The van der Waals surface area contributed by atoms with Gasteiger partial charge in [-0.2, -0.15) is 26.3 Å². The first-order valence-corrected chi connectivity index (χ1v) is 36.6. The summed E-state index contributed by atoms with van der Waals surface area (Å²) in [6, 6.07) is 38.2. The second kappa shape index (κ2) is 31.8. The average molecular weight is 1450 g/mol. The zero-order valence-corrected chi connectivity index (χ0v) is 58.1. The Bertz CT molecular complexity index is 4310. The SMILES string of the molecule is Cc1ccc(NC(=O)[C@H]2CCCN(C(=O)c3c(C)cccc3F)[C@H]2c2ccc(CC3CCCC3)cc2)cc1C(F)(F)F.Cc1ccc(NC(=O)[C@H]2CCCN(C(=O)c3c(C)cccc3F)[C@H]2c2ccc([NH2+]C3CCCC3)cc2)cc1C(F)(F)F.O=S(=O)([O-])c1cccc2c(S(=O)(=O)[O-])cccc12. The van der Waals surface area contributed by atoms with Crippen LogP contribution in [0.25, 0.3) is 10.8 Å². The van der Waals surface area contributed by atoms with Crippen molar-refractivity contribution >= 4 is 71.7 Å². The van der Waals surface area contributed by atoms with Gasteiger partial charge in [-0.05, 0) is 191 Å². The van der Waals surface area contributed by atoms with Crippen molar-refractivity contribution in [2.75, 3.05) is 23.7 Å². The normalized spacial score (nSPS) is 18.4. The van der Waals surface area contributed by atoms with Gasteiger partial charge in [-0.1, -0.05) is 123 Å². The predicted octanol–water partition coefficient (Wildman–Crippen LogP) is 15.9. The zero-order valence-electron chi connectivity index (χ0n) is 56.5. The molecule has 2 saturated carbocycles. The molecule has 25 heteroatoms. The number of carbonyl (C=O) groups excluding carboxylic acids is 4. The lowest BCUT2D eigenvalue weighted by Gasteiger charge is -2.41. The summed E-state index contributed by atoms with van der Waals surface area (Å²) >= 11 is 0. The number of fused-ring (bicyclic) bond motifs is 1. The fourth-order valence-electron chi connectivity index (χ4n) is 14.7. The molecule has 15 nitrogen and oxygen atoms in total. The van der Waals surface area contributed by atoms with Gasteiger partial charge in [0.1, 0.15) is 37.6 Å². The molecule has 2 aliphatic heterocycles. The smallest absolute Gasteiger partial charge is 0.416 e. The van der Waals surface area contributed by atoms with Gasteiger partial charge in [0.05, 0.1) is 62.0 Å². The molecule has 2 aliphatic carbocycles. The van der Waals surface area contributed by atoms with Crippen LogP contribution >= 0.6 is 0 Å². The molecule has 102 heavy (non-hydrogen) atoms. The van der Waals surface area contributed by atoms with Crippen LogP contribution in [0, 0.1) is 57.1 Å². The Balaban J connectivity index is 0.000000178. The number of hydrogen-bond acceptors (Lipinski definition) is 10. The highest BCUT2D eigenvalue weighted by Crippen LogP contribution is 2.43. The molecule has 2 saturated heterocycles. The average Bonchev–Trinajstić information content (AvgIpc) is 1.10. The summed E-state index contributed by atoms with van der Waals surface area (Å²) in [4.78, 5) is 57.2. The summed E-state index contributed by atoms with van der Waals surface area (Å²) in [5.74, 6) is -4.08. The molecule has 4 atom stereocenters. The number of aryl methyl sites for hydroxylation is 4. The molecule has 4 N–H and O–H groups in total. The molecule has 4 aliphatic rings. The third-order valence-electron chi connectivity index (χ3n) is 19.8. The summed E-state index contributed by atoms with van der Waals surface area (Å²) in [6.07, 6.45) is 3.37. The zero-order chi connectivity index (χ0) is 73.6. The number of piperidine rings is 2. The summed E-state index contributed by atoms with van der Waals surface area (Å²) in [6.45, 7) is 6.73. The fourth-order valence-corrected chi connectivity index (χ4v) is 16.1. The fraction of sp³-hybridized carbons (Fsp3) is 0.351. The number of halogens is 8. The minimum Gasteiger partial charge on any atom is -0.744 e. The van der Waals surface area contributed by atoms with Gasteiger partial charge in [0.15, 0.2) is 0 Å². The van der Waals surface area contributed by atoms with Crippen LogP contribution in [-0.2, 0) is 48.6 Å². The first-order valence-electron chi connectivity index (χ1n) is 33.8. The lowest BCUT2D eigenvalue weighted by molar-refractivity contribution is -0.609. The minimum atomic E-state index is -4.74. The summed E-state index contributed by atoms with van der Waals surface area (Å²) < 4.78 is 177. The molecule has 4 amide bonds. The van der Waals surface area contributed by atoms with Gasteiger partial charge in [-0.3, -0.25) is 19.2 Å². The Morgan fingerprint density at radius 3 is 1.26 bits per heavy atom. The maximum Gasteiger partial charge on any atom is 0.416 e. The van der Waals surface area contributed by atoms with E-state index in [-0.39, 0.29) is 44.4 Å². The van der Waals surface area contributed by atoms with Crippen LogP contribution in [0.2, 0.25) is 0 Å². The number of rotatable bonds is 14. The van der Waals surface area contributed by atoms with E-state index in [0.717, 1.165) is 60.3 Å². The summed E-state index contributed by atoms with van der Waals surface area (Å²) in [5, 5.41) is 7.45. The molecular formula is C77H78F8N5O10S2-. The molecule has 8 aromatic carbocycles. The van der Waals surface area contributed by atoms with Gasteiger partial charge in [0.2, 0.25) is 11.8 Å². The van der Waals surface area contributed by atoms with Crippen LogP contribution in [-0.4, -0.2) is 78.5 Å². The third-order valence-corrected chi connectivity index (χ3v) is 21.5. The van der Waals surface area contributed by atoms with E-state index >= 15 is 0 Å². The standard InChI is InChI=1S/C34H36F4N2O2.C33H35F4N3O2.C10H8O6S2/c1-21-12-17-26(20-28(21)34(36,37)38)39-32(41)27-10-6-18-40(33(42)30-22(2)7-5-11-29(30)35)31(27)25-15-13-24(14-16-25)19-23-8-3-4-9-23;1-20-12-15-25(19-27(20)33(35,36)37)39-31(41)26-10-6-18-40(32(42)29-21(2)7-5-11-28(29)34)30(26)22-13-16-24(17-14-22)38-23-8-3-4-9-23;11-17(12,13)9-5-1-3-7-8(9)4-2-6-10(7)18(14,15)16/h5,7,11-17,20,23,27,31H,3-4,6,8-10,18-19H2,1-2H3,(H,39,41);5,7,11-17,19,23,26,30,38H,3-4,6,8-10,18H2,1-2H3,(H,39,41);1-6H,(H,11,12,13)(H,14,15,16)/p-1/t27-,31-;26-,30-;/m00./s1. The second-order valence-electron chi connectivity index (χ2n) is 26.8. The van der Waals surface area contributed by atoms with Gasteiger partial charge in [0, 0.05) is 35.2 Å². The largest absolute Gasteiger partial charge is 0.744 e. The van der Waals surface area contributed by atoms with Gasteiger partial charge in [0.25, 0.3) is 11.8 Å². The van der Waals surface area contributed by atoms with E-state index in [4.69, 9.17) is 0 Å². The Hall–Kier alpha value is -8.88. The molecule has 2 heterocycles. The maximum atomic E-state index is 14.9. The van der Waals surface area contributed by atoms with E-state index in [1.54, 1.807) is 47.9 Å². The predicted molar refractivity (Wildman–Crippen MR) is 367 cm³/mol. The minimum absolute atomic E-state index is 0.0326.